The van der Waals surface area contributed by atoms with Crippen molar-refractivity contribution in [2.24, 2.45) is 17.3 Å². The van der Waals surface area contributed by atoms with Crippen molar-refractivity contribution in [1.29, 1.82) is 0 Å². The number of aromatic nitrogens is 2. The molecule has 6 nitrogen and oxygen atoms in total. The predicted molar refractivity (Wildman–Crippen MR) is 145 cm³/mol. The summed E-state index contributed by atoms with van der Waals surface area (Å²) in [4.78, 5) is 13.7. The van der Waals surface area contributed by atoms with Gasteiger partial charge in [0.05, 0.1) is 6.20 Å². The smallest absolute Gasteiger partial charge is 0.188 e. The number of hydrogen-bond acceptors (Lipinski definition) is 6. The molecule has 1 aliphatic carbocycles. The highest BCUT2D eigenvalue weighted by molar-refractivity contribution is 5.73. The Bertz CT molecular complexity index is 1330. The predicted octanol–water partition coefficient (Wildman–Crippen LogP) is 5.36. The molecule has 38 heavy (non-hydrogen) atoms. The van der Waals surface area contributed by atoms with E-state index in [1.165, 1.54) is 36.6 Å². The van der Waals surface area contributed by atoms with Crippen molar-refractivity contribution in [2.75, 3.05) is 50.8 Å². The van der Waals surface area contributed by atoms with Crippen LogP contribution in [0.2, 0.25) is 0 Å². The number of rotatable bonds is 6. The van der Waals surface area contributed by atoms with Gasteiger partial charge in [-0.3, -0.25) is 0 Å². The summed E-state index contributed by atoms with van der Waals surface area (Å²) in [5.41, 5.74) is 4.84. The van der Waals surface area contributed by atoms with Crippen LogP contribution >= 0.6 is 0 Å². The van der Waals surface area contributed by atoms with Gasteiger partial charge in [0, 0.05) is 56.9 Å². The van der Waals surface area contributed by atoms with Gasteiger partial charge in [-0.2, -0.15) is 0 Å². The number of likely N-dealkylation sites (tertiary alicyclic amines) is 1. The van der Waals surface area contributed by atoms with Gasteiger partial charge in [0.15, 0.2) is 11.6 Å². The summed E-state index contributed by atoms with van der Waals surface area (Å²) >= 11 is 0. The summed E-state index contributed by atoms with van der Waals surface area (Å²) in [5, 5.41) is 0. The minimum absolute atomic E-state index is 0.272. The molecule has 198 valence electrons. The molecule has 7 rings (SSSR count). The first-order valence-electron chi connectivity index (χ1n) is 14.0. The Morgan fingerprint density at radius 1 is 1.00 bits per heavy atom. The van der Waals surface area contributed by atoms with Gasteiger partial charge < -0.3 is 19.3 Å². The number of hydrogen-bond donors (Lipinski definition) is 0. The maximum Gasteiger partial charge on any atom is 0.188 e. The van der Waals surface area contributed by atoms with Gasteiger partial charge in [-0.05, 0) is 72.4 Å². The zero-order valence-electron chi connectivity index (χ0n) is 22.0. The van der Waals surface area contributed by atoms with E-state index in [1.54, 1.807) is 24.7 Å². The lowest BCUT2D eigenvalue weighted by Crippen LogP contribution is -2.72. The zero-order valence-corrected chi connectivity index (χ0v) is 22.0. The molecule has 3 fully saturated rings. The van der Waals surface area contributed by atoms with Gasteiger partial charge in [-0.25, -0.2) is 14.4 Å². The third-order valence-electron chi connectivity index (χ3n) is 8.80. The van der Waals surface area contributed by atoms with Crippen molar-refractivity contribution in [3.05, 3.63) is 65.9 Å². The molecule has 0 N–H and O–H groups in total. The third kappa shape index (κ3) is 4.56. The van der Waals surface area contributed by atoms with E-state index in [4.69, 9.17) is 9.47 Å². The minimum Gasteiger partial charge on any atom is -0.451 e. The number of benzene rings is 2. The van der Waals surface area contributed by atoms with Gasteiger partial charge in [0.1, 0.15) is 17.9 Å². The molecule has 3 aliphatic heterocycles. The molecule has 0 bridgehead atoms. The molecule has 4 heterocycles. The van der Waals surface area contributed by atoms with E-state index in [-0.39, 0.29) is 5.82 Å². The van der Waals surface area contributed by atoms with Crippen molar-refractivity contribution in [3.63, 3.8) is 0 Å². The van der Waals surface area contributed by atoms with E-state index in [0.717, 1.165) is 75.1 Å². The van der Waals surface area contributed by atoms with Gasteiger partial charge in [-0.15, -0.1) is 0 Å². The van der Waals surface area contributed by atoms with E-state index < -0.39 is 0 Å². The Kier molecular flexibility index (Phi) is 6.08. The molecule has 1 spiro atoms. The first-order valence-corrected chi connectivity index (χ1v) is 14.0. The quantitative estimate of drug-likeness (QED) is 0.442. The number of anilines is 1. The maximum absolute atomic E-state index is 14.4. The summed E-state index contributed by atoms with van der Waals surface area (Å²) in [7, 11) is 0. The average Bonchev–Trinajstić information content (AvgIpc) is 3.26. The summed E-state index contributed by atoms with van der Waals surface area (Å²) in [6.45, 7) is 9.56. The summed E-state index contributed by atoms with van der Waals surface area (Å²) in [6.07, 6.45) is 7.86. The number of fused-ring (bicyclic) bond motifs is 1. The molecule has 1 unspecified atom stereocenters. The van der Waals surface area contributed by atoms with Crippen LogP contribution < -0.4 is 9.64 Å². The van der Waals surface area contributed by atoms with E-state index >= 15 is 0 Å². The lowest BCUT2D eigenvalue weighted by atomic mass is 9.72. The SMILES string of the molecule is CC1Cc2ccc(-c3cc(F)ccc3Oc3cncnc3N3CC4(CN(CC5CCOCC5)C4)C3)cc2C1. The van der Waals surface area contributed by atoms with E-state index in [2.05, 4.69) is 44.9 Å². The zero-order chi connectivity index (χ0) is 25.7. The van der Waals surface area contributed by atoms with Crippen LogP contribution in [-0.2, 0) is 17.6 Å². The van der Waals surface area contributed by atoms with Crippen molar-refractivity contribution in [3.8, 4) is 22.6 Å². The number of ether oxygens (including phenoxy) is 2. The topological polar surface area (TPSA) is 50.7 Å². The summed E-state index contributed by atoms with van der Waals surface area (Å²) in [5.74, 6) is 3.20. The Morgan fingerprint density at radius 3 is 2.66 bits per heavy atom. The fraction of sp³-hybridized carbons (Fsp3) is 0.484. The monoisotopic (exact) mass is 514 g/mol. The molecule has 4 aliphatic rings. The second-order valence-electron chi connectivity index (χ2n) is 12.0. The first-order chi connectivity index (χ1) is 18.5. The van der Waals surface area contributed by atoms with Crippen LogP contribution in [0, 0.1) is 23.1 Å². The second kappa shape index (κ2) is 9.62. The van der Waals surface area contributed by atoms with Crippen LogP contribution in [0.5, 0.6) is 11.5 Å². The van der Waals surface area contributed by atoms with Gasteiger partial charge in [0.2, 0.25) is 0 Å². The molecule has 0 amide bonds. The molecular formula is C31H35FN4O2. The Labute approximate surface area is 223 Å². The molecule has 0 saturated carbocycles. The number of nitrogens with zero attached hydrogens (tertiary/aromatic N) is 4. The van der Waals surface area contributed by atoms with Crippen LogP contribution in [0.4, 0.5) is 10.2 Å². The highest BCUT2D eigenvalue weighted by Crippen LogP contribution is 2.45. The lowest BCUT2D eigenvalue weighted by Gasteiger charge is -2.61. The first kappa shape index (κ1) is 24.0. The Hall–Kier alpha value is -3.03. The van der Waals surface area contributed by atoms with Crippen LogP contribution in [0.15, 0.2) is 48.9 Å². The van der Waals surface area contributed by atoms with Crippen molar-refractivity contribution < 1.29 is 13.9 Å². The number of halogens is 1. The molecule has 7 heteroatoms. The fourth-order valence-corrected chi connectivity index (χ4v) is 7.00. The molecule has 1 aromatic heterocycles. The second-order valence-corrected chi connectivity index (χ2v) is 12.0. The molecule has 1 atom stereocenters. The van der Waals surface area contributed by atoms with Crippen LogP contribution in [-0.4, -0.2) is 60.8 Å². The normalized spacial score (nSPS) is 22.7. The van der Waals surface area contributed by atoms with Gasteiger partial charge in [-0.1, -0.05) is 25.1 Å². The highest BCUT2D eigenvalue weighted by Gasteiger charge is 2.52. The Morgan fingerprint density at radius 2 is 1.82 bits per heavy atom. The molecular weight excluding hydrogens is 479 g/mol. The van der Waals surface area contributed by atoms with Crippen LogP contribution in [0.1, 0.15) is 30.9 Å². The molecule has 3 aromatic rings. The average molecular weight is 515 g/mol. The van der Waals surface area contributed by atoms with Gasteiger partial charge >= 0.3 is 0 Å². The Balaban J connectivity index is 1.06. The molecule has 0 radical (unpaired) electrons. The van der Waals surface area contributed by atoms with Crippen LogP contribution in [0.25, 0.3) is 11.1 Å². The highest BCUT2D eigenvalue weighted by atomic mass is 19.1. The standard InChI is InChI=1S/C31H35FN4O2/c1-21-10-23-2-3-24(12-25(23)11-21)27-13-26(32)4-5-28(27)38-29-14-33-20-34-30(29)36-18-31(19-36)16-35(17-31)15-22-6-8-37-9-7-22/h2-5,12-14,20-22H,6-11,15-19H2,1H3. The van der Waals surface area contributed by atoms with Crippen molar-refractivity contribution >= 4 is 5.82 Å². The van der Waals surface area contributed by atoms with E-state index in [0.29, 0.717) is 22.8 Å². The van der Waals surface area contributed by atoms with Crippen LogP contribution in [0.3, 0.4) is 0 Å². The largest absolute Gasteiger partial charge is 0.451 e. The van der Waals surface area contributed by atoms with Crippen molar-refractivity contribution in [1.82, 2.24) is 14.9 Å². The minimum atomic E-state index is -0.272. The van der Waals surface area contributed by atoms with E-state index in [1.807, 2.05) is 0 Å². The third-order valence-corrected chi connectivity index (χ3v) is 8.80. The summed E-state index contributed by atoms with van der Waals surface area (Å²) in [6, 6.07) is 11.2. The van der Waals surface area contributed by atoms with Gasteiger partial charge in [0.25, 0.3) is 0 Å². The fourth-order valence-electron chi connectivity index (χ4n) is 7.00. The summed E-state index contributed by atoms with van der Waals surface area (Å²) < 4.78 is 26.3. The molecule has 2 aromatic carbocycles. The van der Waals surface area contributed by atoms with Crippen molar-refractivity contribution in [2.45, 2.75) is 32.6 Å². The lowest BCUT2D eigenvalue weighted by molar-refractivity contribution is -0.0430. The van der Waals surface area contributed by atoms with E-state index in [9.17, 15) is 4.39 Å². The maximum atomic E-state index is 14.4. The molecule has 3 saturated heterocycles.